The van der Waals surface area contributed by atoms with E-state index >= 15 is 0 Å². The van der Waals surface area contributed by atoms with Crippen LogP contribution in [-0.4, -0.2) is 0 Å². The second-order valence-corrected chi connectivity index (χ2v) is 6.66. The molecule has 1 fully saturated rings. The number of hydrogen-bond acceptors (Lipinski definition) is 0. The van der Waals surface area contributed by atoms with Crippen LogP contribution in [0.15, 0.2) is 0 Å². The van der Waals surface area contributed by atoms with Crippen LogP contribution in [0.4, 0.5) is 0 Å². The summed E-state index contributed by atoms with van der Waals surface area (Å²) in [4.78, 5) is 0. The minimum Gasteiger partial charge on any atom is -0.0654 e. The Hall–Kier alpha value is 0. The van der Waals surface area contributed by atoms with Gasteiger partial charge in [0.2, 0.25) is 0 Å². The van der Waals surface area contributed by atoms with E-state index in [1.165, 1.54) is 70.6 Å². The molecule has 1 saturated carbocycles. The van der Waals surface area contributed by atoms with Gasteiger partial charge in [0.25, 0.3) is 0 Å². The molecule has 0 amide bonds. The molecular formula is C17H34. The standard InChI is InChI=1S/C17H34/c1-4-8-15(2)9-5-6-11-17-12-7-10-16(3)13-14-17/h15-17H,4-14H2,1-3H3. The molecule has 0 aromatic rings. The highest BCUT2D eigenvalue weighted by Crippen LogP contribution is 2.30. The van der Waals surface area contributed by atoms with E-state index in [0.717, 1.165) is 17.8 Å². The van der Waals surface area contributed by atoms with Crippen LogP contribution < -0.4 is 0 Å². The largest absolute Gasteiger partial charge is 0.0654 e. The Balaban J connectivity index is 2.02. The van der Waals surface area contributed by atoms with E-state index < -0.39 is 0 Å². The molecule has 0 spiro atoms. The van der Waals surface area contributed by atoms with Crippen molar-refractivity contribution in [2.24, 2.45) is 17.8 Å². The number of hydrogen-bond donors (Lipinski definition) is 0. The second-order valence-electron chi connectivity index (χ2n) is 6.66. The smallest absolute Gasteiger partial charge is 0.0414 e. The average molecular weight is 238 g/mol. The number of unbranched alkanes of at least 4 members (excludes halogenated alkanes) is 1. The van der Waals surface area contributed by atoms with E-state index in [-0.39, 0.29) is 0 Å². The Labute approximate surface area is 110 Å². The fourth-order valence-corrected chi connectivity index (χ4v) is 3.42. The molecule has 0 saturated heterocycles. The normalized spacial score (nSPS) is 27.7. The lowest BCUT2D eigenvalue weighted by Gasteiger charge is -2.15. The van der Waals surface area contributed by atoms with Gasteiger partial charge in [0, 0.05) is 0 Å². The van der Waals surface area contributed by atoms with Gasteiger partial charge in [-0.1, -0.05) is 91.4 Å². The summed E-state index contributed by atoms with van der Waals surface area (Å²) >= 11 is 0. The van der Waals surface area contributed by atoms with Crippen LogP contribution in [-0.2, 0) is 0 Å². The first-order valence-corrected chi connectivity index (χ1v) is 8.22. The predicted octanol–water partition coefficient (Wildman–Crippen LogP) is 6.20. The summed E-state index contributed by atoms with van der Waals surface area (Å²) < 4.78 is 0. The molecule has 102 valence electrons. The molecule has 3 atom stereocenters. The Morgan fingerprint density at radius 2 is 1.82 bits per heavy atom. The predicted molar refractivity (Wildman–Crippen MR) is 78.3 cm³/mol. The van der Waals surface area contributed by atoms with E-state index in [1.807, 2.05) is 0 Å². The van der Waals surface area contributed by atoms with Crippen molar-refractivity contribution in [3.63, 3.8) is 0 Å². The molecule has 0 N–H and O–H groups in total. The van der Waals surface area contributed by atoms with Crippen LogP contribution in [0.1, 0.15) is 91.4 Å². The lowest BCUT2D eigenvalue weighted by molar-refractivity contribution is 0.383. The Morgan fingerprint density at radius 3 is 2.59 bits per heavy atom. The van der Waals surface area contributed by atoms with Gasteiger partial charge in [0.15, 0.2) is 0 Å². The molecule has 0 radical (unpaired) electrons. The van der Waals surface area contributed by atoms with Crippen LogP contribution in [0.25, 0.3) is 0 Å². The molecule has 0 aromatic heterocycles. The maximum Gasteiger partial charge on any atom is -0.0414 e. The summed E-state index contributed by atoms with van der Waals surface area (Å²) in [5.74, 6) is 3.04. The van der Waals surface area contributed by atoms with E-state index in [4.69, 9.17) is 0 Å². The van der Waals surface area contributed by atoms with Crippen molar-refractivity contribution in [2.45, 2.75) is 91.4 Å². The van der Waals surface area contributed by atoms with Gasteiger partial charge in [-0.25, -0.2) is 0 Å². The van der Waals surface area contributed by atoms with Gasteiger partial charge in [-0.2, -0.15) is 0 Å². The van der Waals surface area contributed by atoms with Crippen molar-refractivity contribution in [1.29, 1.82) is 0 Å². The third-order valence-corrected chi connectivity index (χ3v) is 4.72. The van der Waals surface area contributed by atoms with Crippen molar-refractivity contribution < 1.29 is 0 Å². The molecule has 0 aliphatic heterocycles. The first-order valence-electron chi connectivity index (χ1n) is 8.22. The van der Waals surface area contributed by atoms with Crippen molar-refractivity contribution in [1.82, 2.24) is 0 Å². The van der Waals surface area contributed by atoms with Gasteiger partial charge < -0.3 is 0 Å². The SMILES string of the molecule is CCCC(C)CCCCC1CCCC(C)CC1. The van der Waals surface area contributed by atoms with Crippen molar-refractivity contribution in [2.75, 3.05) is 0 Å². The zero-order valence-corrected chi connectivity index (χ0v) is 12.5. The summed E-state index contributed by atoms with van der Waals surface area (Å²) in [6.45, 7) is 7.18. The highest BCUT2D eigenvalue weighted by atomic mass is 14.2. The lowest BCUT2D eigenvalue weighted by Crippen LogP contribution is -2.00. The van der Waals surface area contributed by atoms with Crippen LogP contribution in [0.2, 0.25) is 0 Å². The first-order chi connectivity index (χ1) is 8.22. The van der Waals surface area contributed by atoms with Crippen molar-refractivity contribution in [3.05, 3.63) is 0 Å². The Bertz CT molecular complexity index is 173. The molecule has 0 nitrogen and oxygen atoms in total. The fourth-order valence-electron chi connectivity index (χ4n) is 3.42. The van der Waals surface area contributed by atoms with Crippen LogP contribution >= 0.6 is 0 Å². The fraction of sp³-hybridized carbons (Fsp3) is 1.00. The quantitative estimate of drug-likeness (QED) is 0.366. The summed E-state index contributed by atoms with van der Waals surface area (Å²) in [7, 11) is 0. The summed E-state index contributed by atoms with van der Waals surface area (Å²) in [5, 5.41) is 0. The molecule has 17 heavy (non-hydrogen) atoms. The van der Waals surface area contributed by atoms with E-state index in [9.17, 15) is 0 Å². The number of rotatable bonds is 7. The second kappa shape index (κ2) is 9.00. The minimum absolute atomic E-state index is 0.967. The van der Waals surface area contributed by atoms with Gasteiger partial charge >= 0.3 is 0 Å². The van der Waals surface area contributed by atoms with E-state index in [1.54, 1.807) is 0 Å². The summed E-state index contributed by atoms with van der Waals surface area (Å²) in [6, 6.07) is 0. The molecule has 1 aliphatic rings. The minimum atomic E-state index is 0.967. The third-order valence-electron chi connectivity index (χ3n) is 4.72. The molecule has 0 heteroatoms. The van der Waals surface area contributed by atoms with Gasteiger partial charge in [-0.15, -0.1) is 0 Å². The zero-order valence-electron chi connectivity index (χ0n) is 12.5. The van der Waals surface area contributed by atoms with Crippen LogP contribution in [0.3, 0.4) is 0 Å². The molecule has 0 heterocycles. The maximum absolute atomic E-state index is 2.44. The molecule has 0 aromatic carbocycles. The molecular weight excluding hydrogens is 204 g/mol. The molecule has 1 aliphatic carbocycles. The Kier molecular flexibility index (Phi) is 7.97. The molecule has 0 bridgehead atoms. The molecule has 3 unspecified atom stereocenters. The van der Waals surface area contributed by atoms with Crippen LogP contribution in [0.5, 0.6) is 0 Å². The summed E-state index contributed by atoms with van der Waals surface area (Å²) in [5.41, 5.74) is 0. The maximum atomic E-state index is 2.44. The van der Waals surface area contributed by atoms with Gasteiger partial charge in [0.05, 0.1) is 0 Å². The molecule has 1 rings (SSSR count). The first kappa shape index (κ1) is 15.1. The Morgan fingerprint density at radius 1 is 1.00 bits per heavy atom. The topological polar surface area (TPSA) is 0 Å². The van der Waals surface area contributed by atoms with Crippen LogP contribution in [0, 0.1) is 17.8 Å². The highest BCUT2D eigenvalue weighted by molar-refractivity contribution is 4.68. The van der Waals surface area contributed by atoms with Crippen molar-refractivity contribution in [3.8, 4) is 0 Å². The third kappa shape index (κ3) is 7.11. The van der Waals surface area contributed by atoms with E-state index in [2.05, 4.69) is 20.8 Å². The van der Waals surface area contributed by atoms with Crippen molar-refractivity contribution >= 4 is 0 Å². The summed E-state index contributed by atoms with van der Waals surface area (Å²) in [6.07, 6.45) is 16.3. The zero-order chi connectivity index (χ0) is 12.5. The lowest BCUT2D eigenvalue weighted by atomic mass is 9.91. The van der Waals surface area contributed by atoms with Gasteiger partial charge in [-0.3, -0.25) is 0 Å². The average Bonchev–Trinajstić information content (AvgIpc) is 2.50. The van der Waals surface area contributed by atoms with Gasteiger partial charge in [0.1, 0.15) is 0 Å². The van der Waals surface area contributed by atoms with E-state index in [0.29, 0.717) is 0 Å². The van der Waals surface area contributed by atoms with Gasteiger partial charge in [-0.05, 0) is 17.8 Å². The highest BCUT2D eigenvalue weighted by Gasteiger charge is 2.15. The monoisotopic (exact) mass is 238 g/mol.